The number of H-pyrrole nitrogens is 1. The molecule has 0 bridgehead atoms. The van der Waals surface area contributed by atoms with Crippen molar-refractivity contribution >= 4 is 28.6 Å². The number of amides is 2. The molecule has 0 radical (unpaired) electrons. The van der Waals surface area contributed by atoms with E-state index in [1.54, 1.807) is 25.2 Å². The summed E-state index contributed by atoms with van der Waals surface area (Å²) in [6, 6.07) is 12.2. The van der Waals surface area contributed by atoms with Gasteiger partial charge in [-0.05, 0) is 29.3 Å². The Kier molecular flexibility index (Phi) is 7.51. The van der Waals surface area contributed by atoms with Crippen LogP contribution in [0.15, 0.2) is 52.3 Å². The summed E-state index contributed by atoms with van der Waals surface area (Å²) < 4.78 is 0. The molecule has 0 spiro atoms. The normalized spacial score (nSPS) is 11.0. The molecule has 3 aromatic rings. The second kappa shape index (κ2) is 10.7. The van der Waals surface area contributed by atoms with E-state index in [1.165, 1.54) is 0 Å². The number of hydrogen-bond donors (Lipinski definition) is 5. The SMILES string of the molecule is C#Cc1ccc2nc(C(=O)NCc3cccc(CNC(=O)CC(=NC)NN)c3)[nH]c(=O)c2c1. The van der Waals surface area contributed by atoms with Gasteiger partial charge in [0.15, 0.2) is 5.82 Å². The number of terminal acetylenes is 1. The molecule has 0 saturated heterocycles. The van der Waals surface area contributed by atoms with Gasteiger partial charge < -0.3 is 21.0 Å². The molecule has 0 atom stereocenters. The Hall–Kier alpha value is -4.49. The number of rotatable bonds is 7. The van der Waals surface area contributed by atoms with Gasteiger partial charge in [-0.25, -0.2) is 10.8 Å². The van der Waals surface area contributed by atoms with Crippen molar-refractivity contribution in [3.63, 3.8) is 0 Å². The van der Waals surface area contributed by atoms with Crippen molar-refractivity contribution in [2.24, 2.45) is 10.8 Å². The molecule has 6 N–H and O–H groups in total. The molecule has 0 aliphatic carbocycles. The number of benzene rings is 2. The molecule has 2 amide bonds. The molecule has 0 fully saturated rings. The fourth-order valence-corrected chi connectivity index (χ4v) is 3.06. The van der Waals surface area contributed by atoms with Crippen molar-refractivity contribution in [1.82, 2.24) is 26.0 Å². The number of aromatic amines is 1. The van der Waals surface area contributed by atoms with E-state index in [1.807, 2.05) is 24.3 Å². The number of hydrazine groups is 1. The van der Waals surface area contributed by atoms with Crippen molar-refractivity contribution in [1.29, 1.82) is 0 Å². The highest BCUT2D eigenvalue weighted by atomic mass is 16.2. The van der Waals surface area contributed by atoms with Crippen LogP contribution in [0.2, 0.25) is 0 Å². The maximum atomic E-state index is 12.5. The predicted octanol–water partition coefficient (Wildman–Crippen LogP) is 0.332. The van der Waals surface area contributed by atoms with Crippen LogP contribution < -0.4 is 27.5 Å². The minimum absolute atomic E-state index is 0.0454. The van der Waals surface area contributed by atoms with Gasteiger partial charge in [0, 0.05) is 25.7 Å². The number of nitrogens with one attached hydrogen (secondary N) is 4. The minimum atomic E-state index is -0.519. The van der Waals surface area contributed by atoms with Crippen LogP contribution in [-0.4, -0.2) is 34.7 Å². The van der Waals surface area contributed by atoms with Crippen LogP contribution >= 0.6 is 0 Å². The summed E-state index contributed by atoms with van der Waals surface area (Å²) in [5.41, 5.74) is 4.52. The molecule has 33 heavy (non-hydrogen) atoms. The van der Waals surface area contributed by atoms with Gasteiger partial charge in [0.2, 0.25) is 5.91 Å². The van der Waals surface area contributed by atoms with Gasteiger partial charge in [0.05, 0.1) is 17.3 Å². The number of fused-ring (bicyclic) bond motifs is 1. The number of nitrogens with zero attached hydrogens (tertiary/aromatic N) is 2. The van der Waals surface area contributed by atoms with E-state index >= 15 is 0 Å². The highest BCUT2D eigenvalue weighted by molar-refractivity contribution is 5.99. The third-order valence-corrected chi connectivity index (χ3v) is 4.79. The fourth-order valence-electron chi connectivity index (χ4n) is 3.06. The second-order valence-electron chi connectivity index (χ2n) is 7.06. The quantitative estimate of drug-likeness (QED) is 0.116. The van der Waals surface area contributed by atoms with Gasteiger partial charge in [-0.2, -0.15) is 0 Å². The third kappa shape index (κ3) is 6.03. The van der Waals surface area contributed by atoms with Gasteiger partial charge in [-0.3, -0.25) is 19.4 Å². The smallest absolute Gasteiger partial charge is 0.287 e. The van der Waals surface area contributed by atoms with Crippen LogP contribution in [0.3, 0.4) is 0 Å². The van der Waals surface area contributed by atoms with Crippen molar-refractivity contribution in [2.75, 3.05) is 7.05 Å². The first-order valence-corrected chi connectivity index (χ1v) is 9.99. The first kappa shape index (κ1) is 23.2. The molecule has 10 nitrogen and oxygen atoms in total. The molecular formula is C23H23N7O3. The first-order valence-electron chi connectivity index (χ1n) is 9.99. The average molecular weight is 445 g/mol. The monoisotopic (exact) mass is 445 g/mol. The second-order valence-corrected chi connectivity index (χ2v) is 7.06. The Morgan fingerprint density at radius 2 is 1.88 bits per heavy atom. The predicted molar refractivity (Wildman–Crippen MR) is 125 cm³/mol. The average Bonchev–Trinajstić information content (AvgIpc) is 2.84. The van der Waals surface area contributed by atoms with Crippen LogP contribution in [0.25, 0.3) is 10.9 Å². The molecule has 1 aromatic heterocycles. The topological polar surface area (TPSA) is 154 Å². The number of nitrogens with two attached hydrogens (primary N) is 1. The zero-order valence-electron chi connectivity index (χ0n) is 17.9. The number of aliphatic imine (C=N–C) groups is 1. The lowest BCUT2D eigenvalue weighted by molar-refractivity contribution is -0.120. The van der Waals surface area contributed by atoms with Gasteiger partial charge in [-0.15, -0.1) is 6.42 Å². The zero-order valence-corrected chi connectivity index (χ0v) is 17.9. The standard InChI is InChI=1S/C23H23N7O3/c1-3-14-7-8-18-17(10-14)22(32)29-21(28-18)23(33)27-13-16-6-4-5-15(9-16)12-26-20(31)11-19(25-2)30-24/h1,4-10H,11-13,24H2,2H3,(H,25,30)(H,26,31)(H,27,33)(H,28,29,32). The Labute approximate surface area is 189 Å². The maximum Gasteiger partial charge on any atom is 0.287 e. The molecule has 0 saturated carbocycles. The molecule has 168 valence electrons. The van der Waals surface area contributed by atoms with Crippen molar-refractivity contribution in [2.45, 2.75) is 19.5 Å². The van der Waals surface area contributed by atoms with E-state index in [0.717, 1.165) is 11.1 Å². The Bertz CT molecular complexity index is 1320. The number of carbonyl (C=O) groups is 2. The van der Waals surface area contributed by atoms with Gasteiger partial charge in [0.25, 0.3) is 11.5 Å². The lowest BCUT2D eigenvalue weighted by Crippen LogP contribution is -2.35. The highest BCUT2D eigenvalue weighted by Gasteiger charge is 2.12. The summed E-state index contributed by atoms with van der Waals surface area (Å²) in [5.74, 6) is 7.28. The molecule has 0 aliphatic rings. The van der Waals surface area contributed by atoms with Crippen molar-refractivity contribution in [3.05, 3.63) is 75.3 Å². The maximum absolute atomic E-state index is 12.5. The summed E-state index contributed by atoms with van der Waals surface area (Å²) in [7, 11) is 1.54. The lowest BCUT2D eigenvalue weighted by Gasteiger charge is -2.09. The van der Waals surface area contributed by atoms with Gasteiger partial charge in [0.1, 0.15) is 5.84 Å². The number of hydrogen-bond acceptors (Lipinski definition) is 6. The fraction of sp³-hybridized carbons (Fsp3) is 0.174. The summed E-state index contributed by atoms with van der Waals surface area (Å²) >= 11 is 0. The molecule has 0 aliphatic heterocycles. The van der Waals surface area contributed by atoms with Crippen LogP contribution in [0.5, 0.6) is 0 Å². The molecule has 0 unspecified atom stereocenters. The molecule has 10 heteroatoms. The van der Waals surface area contributed by atoms with Crippen LogP contribution in [0, 0.1) is 12.3 Å². The molecule has 2 aromatic carbocycles. The Morgan fingerprint density at radius 3 is 2.55 bits per heavy atom. The summed E-state index contributed by atoms with van der Waals surface area (Å²) in [6.45, 7) is 0.517. The number of carbonyl (C=O) groups excluding carboxylic acids is 2. The van der Waals surface area contributed by atoms with Crippen LogP contribution in [-0.2, 0) is 17.9 Å². The van der Waals surface area contributed by atoms with E-state index in [0.29, 0.717) is 28.8 Å². The molecule has 1 heterocycles. The largest absolute Gasteiger partial charge is 0.352 e. The van der Waals surface area contributed by atoms with Crippen molar-refractivity contribution < 1.29 is 9.59 Å². The highest BCUT2D eigenvalue weighted by Crippen LogP contribution is 2.10. The molecular weight excluding hydrogens is 422 g/mol. The Balaban J connectivity index is 1.62. The van der Waals surface area contributed by atoms with Gasteiger partial charge >= 0.3 is 0 Å². The van der Waals surface area contributed by atoms with E-state index < -0.39 is 11.5 Å². The summed E-state index contributed by atoms with van der Waals surface area (Å²) in [5, 5.41) is 5.83. The van der Waals surface area contributed by atoms with Gasteiger partial charge in [-0.1, -0.05) is 30.2 Å². The first-order chi connectivity index (χ1) is 15.9. The third-order valence-electron chi connectivity index (χ3n) is 4.79. The Morgan fingerprint density at radius 1 is 1.15 bits per heavy atom. The number of aromatic nitrogens is 2. The molecule has 3 rings (SSSR count). The van der Waals surface area contributed by atoms with E-state index in [4.69, 9.17) is 12.3 Å². The zero-order chi connectivity index (χ0) is 23.8. The van der Waals surface area contributed by atoms with E-state index in [2.05, 4.69) is 36.9 Å². The van der Waals surface area contributed by atoms with Crippen LogP contribution in [0.1, 0.15) is 33.7 Å². The minimum Gasteiger partial charge on any atom is -0.352 e. The lowest BCUT2D eigenvalue weighted by atomic mass is 10.1. The summed E-state index contributed by atoms with van der Waals surface area (Å²) in [4.78, 5) is 47.4. The van der Waals surface area contributed by atoms with E-state index in [-0.39, 0.29) is 24.7 Å². The van der Waals surface area contributed by atoms with E-state index in [9.17, 15) is 14.4 Å². The van der Waals surface area contributed by atoms with Crippen LogP contribution in [0.4, 0.5) is 0 Å². The van der Waals surface area contributed by atoms with Crippen molar-refractivity contribution in [3.8, 4) is 12.3 Å². The summed E-state index contributed by atoms with van der Waals surface area (Å²) in [6.07, 6.45) is 5.40. The number of amidine groups is 1.